The van der Waals surface area contributed by atoms with E-state index < -0.39 is 0 Å². The van der Waals surface area contributed by atoms with Gasteiger partial charge in [-0.15, -0.1) is 0 Å². The van der Waals surface area contributed by atoms with E-state index in [9.17, 15) is 0 Å². The largest absolute Gasteiger partial charge is 0.319 e. The summed E-state index contributed by atoms with van der Waals surface area (Å²) in [6.45, 7) is 8.42. The normalized spacial score (nSPS) is 35.0. The van der Waals surface area contributed by atoms with Crippen LogP contribution in [0.1, 0.15) is 40.0 Å². The summed E-state index contributed by atoms with van der Waals surface area (Å²) < 4.78 is 0. The second kappa shape index (κ2) is 3.78. The van der Waals surface area contributed by atoms with Gasteiger partial charge in [-0.3, -0.25) is 0 Å². The molecule has 0 saturated heterocycles. The van der Waals surface area contributed by atoms with Crippen LogP contribution in [-0.4, -0.2) is 13.6 Å². The quantitative estimate of drug-likeness (QED) is 0.670. The maximum Gasteiger partial charge on any atom is -0.00210 e. The third-order valence-corrected chi connectivity index (χ3v) is 3.34. The van der Waals surface area contributed by atoms with Gasteiger partial charge in [0.1, 0.15) is 0 Å². The lowest BCUT2D eigenvalue weighted by atomic mass is 9.68. The van der Waals surface area contributed by atoms with Crippen LogP contribution in [0.25, 0.3) is 0 Å². The second-order valence-corrected chi connectivity index (χ2v) is 5.20. The molecule has 0 aromatic carbocycles. The van der Waals surface area contributed by atoms with Crippen molar-refractivity contribution in [2.75, 3.05) is 13.6 Å². The maximum atomic E-state index is 3.30. The Hall–Kier alpha value is -0.0400. The molecule has 0 bridgehead atoms. The van der Waals surface area contributed by atoms with Crippen molar-refractivity contribution < 1.29 is 0 Å². The van der Waals surface area contributed by atoms with E-state index in [4.69, 9.17) is 0 Å². The first kappa shape index (κ1) is 10.0. The van der Waals surface area contributed by atoms with E-state index in [1.54, 1.807) is 0 Å². The topological polar surface area (TPSA) is 12.0 Å². The molecule has 1 heteroatoms. The molecule has 2 atom stereocenters. The first-order chi connectivity index (χ1) is 5.55. The predicted octanol–water partition coefficient (Wildman–Crippen LogP) is 2.67. The lowest BCUT2D eigenvalue weighted by Crippen LogP contribution is -2.33. The fourth-order valence-electron chi connectivity index (χ4n) is 2.57. The zero-order valence-corrected chi connectivity index (χ0v) is 8.98. The zero-order valence-electron chi connectivity index (χ0n) is 8.98. The summed E-state index contributed by atoms with van der Waals surface area (Å²) in [7, 11) is 2.06. The molecular weight excluding hydrogens is 146 g/mol. The molecule has 0 heterocycles. The van der Waals surface area contributed by atoms with Gasteiger partial charge in [0.15, 0.2) is 0 Å². The van der Waals surface area contributed by atoms with Gasteiger partial charge in [0, 0.05) is 0 Å². The van der Waals surface area contributed by atoms with Gasteiger partial charge in [-0.25, -0.2) is 0 Å². The molecule has 0 aliphatic heterocycles. The van der Waals surface area contributed by atoms with Crippen LogP contribution >= 0.6 is 0 Å². The van der Waals surface area contributed by atoms with Crippen molar-refractivity contribution in [2.45, 2.75) is 40.0 Å². The Morgan fingerprint density at radius 3 is 2.58 bits per heavy atom. The molecule has 0 amide bonds. The molecule has 2 unspecified atom stereocenters. The predicted molar refractivity (Wildman–Crippen MR) is 54.2 cm³/mol. The Morgan fingerprint density at radius 2 is 2.08 bits per heavy atom. The van der Waals surface area contributed by atoms with Crippen molar-refractivity contribution in [2.24, 2.45) is 17.3 Å². The average Bonchev–Trinajstić information content (AvgIpc) is 1.94. The van der Waals surface area contributed by atoms with E-state index in [1.165, 1.54) is 25.8 Å². The van der Waals surface area contributed by atoms with Crippen molar-refractivity contribution >= 4 is 0 Å². The van der Waals surface area contributed by atoms with E-state index in [2.05, 4.69) is 33.1 Å². The van der Waals surface area contributed by atoms with Gasteiger partial charge in [0.2, 0.25) is 0 Å². The Bertz CT molecular complexity index is 140. The minimum absolute atomic E-state index is 0.601. The van der Waals surface area contributed by atoms with Crippen LogP contribution in [0.15, 0.2) is 0 Å². The lowest BCUT2D eigenvalue weighted by molar-refractivity contribution is 0.129. The minimum atomic E-state index is 0.601. The van der Waals surface area contributed by atoms with Crippen molar-refractivity contribution in [1.82, 2.24) is 5.32 Å². The SMILES string of the molecule is CNCC1CCC(C)(C)CC1C. The molecule has 0 radical (unpaired) electrons. The fraction of sp³-hybridized carbons (Fsp3) is 1.00. The number of hydrogen-bond acceptors (Lipinski definition) is 1. The molecule has 1 fully saturated rings. The van der Waals surface area contributed by atoms with Crippen LogP contribution in [0.5, 0.6) is 0 Å². The Labute approximate surface area is 76.9 Å². The summed E-state index contributed by atoms with van der Waals surface area (Å²) >= 11 is 0. The molecule has 1 aliphatic rings. The molecule has 1 aliphatic carbocycles. The molecule has 0 aromatic heterocycles. The van der Waals surface area contributed by atoms with E-state index in [0.717, 1.165) is 11.8 Å². The summed E-state index contributed by atoms with van der Waals surface area (Å²) in [6.07, 6.45) is 4.22. The first-order valence-electron chi connectivity index (χ1n) is 5.20. The Balaban J connectivity index is 2.42. The van der Waals surface area contributed by atoms with E-state index >= 15 is 0 Å². The first-order valence-corrected chi connectivity index (χ1v) is 5.20. The molecule has 0 spiro atoms. The van der Waals surface area contributed by atoms with Crippen LogP contribution in [0.4, 0.5) is 0 Å². The van der Waals surface area contributed by atoms with Crippen molar-refractivity contribution in [3.63, 3.8) is 0 Å². The summed E-state index contributed by atoms with van der Waals surface area (Å²) in [6, 6.07) is 0. The number of rotatable bonds is 2. The van der Waals surface area contributed by atoms with E-state index in [-0.39, 0.29) is 0 Å². The Morgan fingerprint density at radius 1 is 1.42 bits per heavy atom. The highest BCUT2D eigenvalue weighted by Crippen LogP contribution is 2.41. The zero-order chi connectivity index (χ0) is 9.19. The van der Waals surface area contributed by atoms with Gasteiger partial charge < -0.3 is 5.32 Å². The van der Waals surface area contributed by atoms with Crippen molar-refractivity contribution in [1.29, 1.82) is 0 Å². The molecule has 1 N–H and O–H groups in total. The van der Waals surface area contributed by atoms with E-state index in [1.807, 2.05) is 0 Å². The third-order valence-electron chi connectivity index (χ3n) is 3.34. The molecule has 1 rings (SSSR count). The summed E-state index contributed by atoms with van der Waals surface area (Å²) in [5.74, 6) is 1.82. The smallest absolute Gasteiger partial charge is 0.00210 e. The van der Waals surface area contributed by atoms with Gasteiger partial charge in [0.25, 0.3) is 0 Å². The second-order valence-electron chi connectivity index (χ2n) is 5.20. The van der Waals surface area contributed by atoms with Crippen molar-refractivity contribution in [3.05, 3.63) is 0 Å². The Kier molecular flexibility index (Phi) is 3.16. The molecule has 12 heavy (non-hydrogen) atoms. The van der Waals surface area contributed by atoms with Crippen LogP contribution in [0, 0.1) is 17.3 Å². The highest BCUT2D eigenvalue weighted by atomic mass is 14.8. The van der Waals surface area contributed by atoms with Gasteiger partial charge in [-0.2, -0.15) is 0 Å². The maximum absolute atomic E-state index is 3.30. The van der Waals surface area contributed by atoms with Crippen LogP contribution in [0.3, 0.4) is 0 Å². The van der Waals surface area contributed by atoms with Gasteiger partial charge in [-0.05, 0) is 50.1 Å². The number of nitrogens with one attached hydrogen (secondary N) is 1. The highest BCUT2D eigenvalue weighted by molar-refractivity contribution is 4.83. The van der Waals surface area contributed by atoms with Crippen molar-refractivity contribution in [3.8, 4) is 0 Å². The van der Waals surface area contributed by atoms with Crippen LogP contribution < -0.4 is 5.32 Å². The molecule has 1 saturated carbocycles. The monoisotopic (exact) mass is 169 g/mol. The summed E-state index contributed by atoms with van der Waals surface area (Å²) in [5.41, 5.74) is 0.601. The lowest BCUT2D eigenvalue weighted by Gasteiger charge is -2.39. The fourth-order valence-corrected chi connectivity index (χ4v) is 2.57. The molecular formula is C11H23N. The molecule has 1 nitrogen and oxygen atoms in total. The van der Waals surface area contributed by atoms with Gasteiger partial charge in [0.05, 0.1) is 0 Å². The summed E-state index contributed by atoms with van der Waals surface area (Å²) in [5, 5.41) is 3.30. The van der Waals surface area contributed by atoms with Crippen LogP contribution in [-0.2, 0) is 0 Å². The highest BCUT2D eigenvalue weighted by Gasteiger charge is 2.31. The minimum Gasteiger partial charge on any atom is -0.319 e. The summed E-state index contributed by atoms with van der Waals surface area (Å²) in [4.78, 5) is 0. The van der Waals surface area contributed by atoms with Crippen LogP contribution in [0.2, 0.25) is 0 Å². The standard InChI is InChI=1S/C11H23N/c1-9-7-11(2,3)6-5-10(9)8-12-4/h9-10,12H,5-8H2,1-4H3. The average molecular weight is 169 g/mol. The van der Waals surface area contributed by atoms with Gasteiger partial charge in [-0.1, -0.05) is 20.8 Å². The van der Waals surface area contributed by atoms with E-state index in [0.29, 0.717) is 5.41 Å². The number of hydrogen-bond donors (Lipinski definition) is 1. The molecule has 0 aromatic rings. The molecule has 72 valence electrons. The van der Waals surface area contributed by atoms with Gasteiger partial charge >= 0.3 is 0 Å². The third kappa shape index (κ3) is 2.48.